The average Bonchev–Trinajstić information content (AvgIpc) is 3.43. The molecule has 2 heterocycles. The standard InChI is InChI=1S/C22H21ClN4O3S/c1-14-4-6-15(7-5-14)21-25-26-22(31-21)24-20(29)18-3-2-12-27(18)19(28)13-30-17-10-8-16(23)9-11-17/h4-11,18H,2-3,12-13H2,1H3,(H,24,26,29). The van der Waals surface area contributed by atoms with E-state index in [0.717, 1.165) is 22.6 Å². The molecule has 9 heteroatoms. The number of nitrogens with one attached hydrogen (secondary N) is 1. The van der Waals surface area contributed by atoms with E-state index < -0.39 is 6.04 Å². The summed E-state index contributed by atoms with van der Waals surface area (Å²) in [5.41, 5.74) is 2.11. The van der Waals surface area contributed by atoms with Crippen LogP contribution in [0.1, 0.15) is 18.4 Å². The number of carbonyl (C=O) groups is 2. The van der Waals surface area contributed by atoms with Gasteiger partial charge in [-0.1, -0.05) is 52.8 Å². The molecule has 1 saturated heterocycles. The lowest BCUT2D eigenvalue weighted by molar-refractivity contribution is -0.138. The normalized spacial score (nSPS) is 15.7. The predicted octanol–water partition coefficient (Wildman–Crippen LogP) is 4.18. The maximum Gasteiger partial charge on any atom is 0.261 e. The van der Waals surface area contributed by atoms with Crippen molar-refractivity contribution in [2.24, 2.45) is 0 Å². The molecule has 2 amide bonds. The summed E-state index contributed by atoms with van der Waals surface area (Å²) in [5, 5.41) is 12.8. The minimum Gasteiger partial charge on any atom is -0.484 e. The number of anilines is 1. The number of halogens is 1. The van der Waals surface area contributed by atoms with E-state index in [1.54, 1.807) is 29.2 Å². The third kappa shape index (κ3) is 5.21. The van der Waals surface area contributed by atoms with Gasteiger partial charge < -0.3 is 9.64 Å². The summed E-state index contributed by atoms with van der Waals surface area (Å²) in [5.74, 6) is 0.0598. The van der Waals surface area contributed by atoms with Gasteiger partial charge in [0, 0.05) is 17.1 Å². The molecule has 0 aliphatic carbocycles. The van der Waals surface area contributed by atoms with Crippen molar-refractivity contribution in [3.8, 4) is 16.3 Å². The Hall–Kier alpha value is -2.97. The summed E-state index contributed by atoms with van der Waals surface area (Å²) in [4.78, 5) is 27.0. The molecule has 1 aromatic heterocycles. The quantitative estimate of drug-likeness (QED) is 0.601. The number of carbonyl (C=O) groups excluding carboxylic acids is 2. The van der Waals surface area contributed by atoms with Crippen LogP contribution in [-0.2, 0) is 9.59 Å². The van der Waals surface area contributed by atoms with Crippen molar-refractivity contribution in [1.82, 2.24) is 15.1 Å². The van der Waals surface area contributed by atoms with Crippen LogP contribution in [0.5, 0.6) is 5.75 Å². The molecule has 0 spiro atoms. The van der Waals surface area contributed by atoms with E-state index in [4.69, 9.17) is 16.3 Å². The van der Waals surface area contributed by atoms with Gasteiger partial charge in [0.2, 0.25) is 11.0 Å². The Morgan fingerprint density at radius 1 is 1.16 bits per heavy atom. The maximum atomic E-state index is 12.8. The Bertz CT molecular complexity index is 1070. The van der Waals surface area contributed by atoms with Gasteiger partial charge in [-0.3, -0.25) is 14.9 Å². The van der Waals surface area contributed by atoms with E-state index in [-0.39, 0.29) is 18.4 Å². The van der Waals surface area contributed by atoms with Crippen LogP contribution in [0, 0.1) is 6.92 Å². The number of aryl methyl sites for hydroxylation is 1. The van der Waals surface area contributed by atoms with Crippen molar-refractivity contribution in [2.75, 3.05) is 18.5 Å². The topological polar surface area (TPSA) is 84.4 Å². The monoisotopic (exact) mass is 456 g/mol. The molecule has 1 unspecified atom stereocenters. The Labute approximate surface area is 189 Å². The summed E-state index contributed by atoms with van der Waals surface area (Å²) in [6, 6.07) is 14.2. The average molecular weight is 457 g/mol. The van der Waals surface area contributed by atoms with Crippen LogP contribution in [0.2, 0.25) is 5.02 Å². The van der Waals surface area contributed by atoms with Gasteiger partial charge in [0.15, 0.2) is 6.61 Å². The van der Waals surface area contributed by atoms with Crippen molar-refractivity contribution >= 4 is 39.9 Å². The first kappa shape index (κ1) is 21.3. The van der Waals surface area contributed by atoms with Crippen molar-refractivity contribution in [2.45, 2.75) is 25.8 Å². The Morgan fingerprint density at radius 3 is 2.65 bits per heavy atom. The summed E-state index contributed by atoms with van der Waals surface area (Å²) >= 11 is 7.16. The SMILES string of the molecule is Cc1ccc(-c2nnc(NC(=O)C3CCCN3C(=O)COc3ccc(Cl)cc3)s2)cc1. The lowest BCUT2D eigenvalue weighted by atomic mass is 10.2. The summed E-state index contributed by atoms with van der Waals surface area (Å²) in [6.07, 6.45) is 1.36. The molecular weight excluding hydrogens is 436 g/mol. The number of ether oxygens (including phenoxy) is 1. The Balaban J connectivity index is 1.36. The molecule has 4 rings (SSSR count). The third-order valence-electron chi connectivity index (χ3n) is 5.01. The van der Waals surface area contributed by atoms with Gasteiger partial charge >= 0.3 is 0 Å². The van der Waals surface area contributed by atoms with E-state index in [2.05, 4.69) is 15.5 Å². The minimum atomic E-state index is -0.548. The van der Waals surface area contributed by atoms with Crippen LogP contribution in [-0.4, -0.2) is 46.1 Å². The molecule has 1 aliphatic heterocycles. The molecule has 1 aliphatic rings. The van der Waals surface area contributed by atoms with Crippen LogP contribution in [0.25, 0.3) is 10.6 Å². The van der Waals surface area contributed by atoms with Crippen molar-refractivity contribution in [3.05, 3.63) is 59.1 Å². The highest BCUT2D eigenvalue weighted by molar-refractivity contribution is 7.18. The fraction of sp³-hybridized carbons (Fsp3) is 0.273. The van der Waals surface area contributed by atoms with Crippen LogP contribution < -0.4 is 10.1 Å². The Morgan fingerprint density at radius 2 is 1.90 bits per heavy atom. The second-order valence-electron chi connectivity index (χ2n) is 7.26. The number of rotatable bonds is 6. The van der Waals surface area contributed by atoms with Crippen molar-refractivity contribution in [3.63, 3.8) is 0 Å². The molecule has 3 aromatic rings. The van der Waals surface area contributed by atoms with E-state index in [1.165, 1.54) is 11.3 Å². The largest absolute Gasteiger partial charge is 0.484 e. The molecule has 160 valence electrons. The van der Waals surface area contributed by atoms with Gasteiger partial charge in [0.25, 0.3) is 5.91 Å². The van der Waals surface area contributed by atoms with Gasteiger partial charge in [-0.05, 0) is 44.0 Å². The molecule has 1 N–H and O–H groups in total. The molecule has 31 heavy (non-hydrogen) atoms. The zero-order valence-corrected chi connectivity index (χ0v) is 18.4. The van der Waals surface area contributed by atoms with E-state index >= 15 is 0 Å². The molecule has 7 nitrogen and oxygen atoms in total. The number of likely N-dealkylation sites (tertiary alicyclic amines) is 1. The van der Waals surface area contributed by atoms with Gasteiger partial charge in [0.05, 0.1) is 0 Å². The number of aromatic nitrogens is 2. The number of amides is 2. The van der Waals surface area contributed by atoms with Crippen LogP contribution in [0.4, 0.5) is 5.13 Å². The maximum absolute atomic E-state index is 12.8. The molecule has 0 saturated carbocycles. The second kappa shape index (κ2) is 9.45. The fourth-order valence-corrected chi connectivity index (χ4v) is 4.25. The van der Waals surface area contributed by atoms with Crippen LogP contribution >= 0.6 is 22.9 Å². The van der Waals surface area contributed by atoms with Gasteiger partial charge in [-0.2, -0.15) is 0 Å². The zero-order valence-electron chi connectivity index (χ0n) is 16.9. The highest BCUT2D eigenvalue weighted by Gasteiger charge is 2.34. The molecule has 0 bridgehead atoms. The Kier molecular flexibility index (Phi) is 6.48. The molecule has 0 radical (unpaired) electrons. The van der Waals surface area contributed by atoms with E-state index in [1.807, 2.05) is 31.2 Å². The van der Waals surface area contributed by atoms with Gasteiger partial charge in [-0.25, -0.2) is 0 Å². The summed E-state index contributed by atoms with van der Waals surface area (Å²) in [7, 11) is 0. The molecular formula is C22H21ClN4O3S. The predicted molar refractivity (Wildman–Crippen MR) is 120 cm³/mol. The van der Waals surface area contributed by atoms with Gasteiger partial charge in [0.1, 0.15) is 16.8 Å². The first-order chi connectivity index (χ1) is 15.0. The fourth-order valence-electron chi connectivity index (χ4n) is 3.37. The van der Waals surface area contributed by atoms with Crippen molar-refractivity contribution < 1.29 is 14.3 Å². The number of hydrogen-bond acceptors (Lipinski definition) is 6. The van der Waals surface area contributed by atoms with Gasteiger partial charge in [-0.15, -0.1) is 10.2 Å². The zero-order chi connectivity index (χ0) is 21.8. The smallest absolute Gasteiger partial charge is 0.261 e. The minimum absolute atomic E-state index is 0.137. The summed E-state index contributed by atoms with van der Waals surface area (Å²) < 4.78 is 5.54. The van der Waals surface area contributed by atoms with E-state index in [0.29, 0.717) is 28.9 Å². The lowest BCUT2D eigenvalue weighted by Crippen LogP contribution is -2.45. The second-order valence-corrected chi connectivity index (χ2v) is 8.67. The summed E-state index contributed by atoms with van der Waals surface area (Å²) in [6.45, 7) is 2.40. The van der Waals surface area contributed by atoms with E-state index in [9.17, 15) is 9.59 Å². The third-order valence-corrected chi connectivity index (χ3v) is 6.15. The molecule has 1 atom stereocenters. The molecule has 1 fully saturated rings. The first-order valence-corrected chi connectivity index (χ1v) is 11.1. The van der Waals surface area contributed by atoms with Crippen LogP contribution in [0.3, 0.4) is 0 Å². The first-order valence-electron chi connectivity index (χ1n) is 9.89. The number of benzene rings is 2. The highest BCUT2D eigenvalue weighted by atomic mass is 35.5. The van der Waals surface area contributed by atoms with Crippen molar-refractivity contribution in [1.29, 1.82) is 0 Å². The molecule has 2 aromatic carbocycles. The highest BCUT2D eigenvalue weighted by Crippen LogP contribution is 2.27. The lowest BCUT2D eigenvalue weighted by Gasteiger charge is -2.23. The van der Waals surface area contributed by atoms with Crippen LogP contribution in [0.15, 0.2) is 48.5 Å². The number of hydrogen-bond donors (Lipinski definition) is 1. The number of nitrogens with zero attached hydrogens (tertiary/aromatic N) is 3.